The average molecular weight is 687 g/mol. The third-order valence-electron chi connectivity index (χ3n) is 7.72. The van der Waals surface area contributed by atoms with Crippen LogP contribution in [0.1, 0.15) is 31.2 Å². The Kier molecular flexibility index (Phi) is 11.3. The van der Waals surface area contributed by atoms with E-state index in [4.69, 9.17) is 0 Å². The molecule has 1 atom stereocenters. The van der Waals surface area contributed by atoms with Gasteiger partial charge in [-0.3, -0.25) is 4.21 Å². The van der Waals surface area contributed by atoms with E-state index in [0.29, 0.717) is 19.5 Å². The summed E-state index contributed by atoms with van der Waals surface area (Å²) in [5.41, 5.74) is 3.23. The monoisotopic (exact) mass is 686 g/mol. The number of fused-ring (bicyclic) bond motifs is 6. The molecule has 228 valence electrons. The molecule has 0 amide bonds. The van der Waals surface area contributed by atoms with Crippen LogP contribution >= 0.6 is 23.1 Å². The van der Waals surface area contributed by atoms with E-state index in [1.165, 1.54) is 0 Å². The number of benzene rings is 4. The number of allylic oxidation sites excluding steroid dienone is 2. The molecule has 0 fully saturated rings. The normalized spacial score (nSPS) is 15.2. The Labute approximate surface area is 296 Å². The van der Waals surface area contributed by atoms with Gasteiger partial charge in [0.2, 0.25) is 5.52 Å². The summed E-state index contributed by atoms with van der Waals surface area (Å²) >= 11 is 1.23. The molecular formula is C33H31N2NaO5S4. The van der Waals surface area contributed by atoms with Gasteiger partial charge in [0.15, 0.2) is 6.54 Å². The first-order valence-corrected chi connectivity index (χ1v) is 18.9. The van der Waals surface area contributed by atoms with E-state index < -0.39 is 27.0 Å². The summed E-state index contributed by atoms with van der Waals surface area (Å²) < 4.78 is 60.2. The molecule has 2 heterocycles. The van der Waals surface area contributed by atoms with Gasteiger partial charge >= 0.3 is 29.6 Å². The van der Waals surface area contributed by atoms with Crippen LogP contribution in [0.5, 0.6) is 0 Å². The molecule has 0 aliphatic carbocycles. The molecule has 0 radical (unpaired) electrons. The summed E-state index contributed by atoms with van der Waals surface area (Å²) in [7, 11) is -4.32. The molecule has 0 bridgehead atoms. The fourth-order valence-electron chi connectivity index (χ4n) is 5.71. The van der Waals surface area contributed by atoms with Crippen LogP contribution in [-0.4, -0.2) is 39.8 Å². The van der Waals surface area contributed by atoms with Gasteiger partial charge in [-0.25, -0.2) is 8.42 Å². The maximum absolute atomic E-state index is 11.4. The Morgan fingerprint density at radius 1 is 0.978 bits per heavy atom. The van der Waals surface area contributed by atoms with E-state index >= 15 is 0 Å². The number of hydrogen-bond acceptors (Lipinski definition) is 8. The van der Waals surface area contributed by atoms with Crippen LogP contribution in [-0.2, 0) is 27.7 Å². The van der Waals surface area contributed by atoms with Crippen LogP contribution in [0, 0.1) is 0 Å². The first-order chi connectivity index (χ1) is 21.2. The third kappa shape index (κ3) is 7.75. The van der Waals surface area contributed by atoms with Crippen molar-refractivity contribution < 1.29 is 55.9 Å². The summed E-state index contributed by atoms with van der Waals surface area (Å²) in [6.07, 6.45) is 5.83. The minimum atomic E-state index is -4.32. The zero-order chi connectivity index (χ0) is 30.8. The van der Waals surface area contributed by atoms with Gasteiger partial charge in [0.05, 0.1) is 26.2 Å². The van der Waals surface area contributed by atoms with Crippen molar-refractivity contribution in [3.63, 3.8) is 0 Å². The minimum absolute atomic E-state index is 0. The van der Waals surface area contributed by atoms with Gasteiger partial charge in [-0.2, -0.15) is 4.57 Å². The number of aromatic nitrogens is 1. The smallest absolute Gasteiger partial charge is 0.772 e. The van der Waals surface area contributed by atoms with E-state index in [9.17, 15) is 21.7 Å². The van der Waals surface area contributed by atoms with E-state index in [1.807, 2.05) is 24.3 Å². The SMILES string of the molecule is CCC(=C/c1sc2ccc3ccccc3c2[n+]1CCCS(=O)(=O)[O-])/C=C1/Sc2ccc3ccccc3c2N1CCCS(=O)[O-].[Na+]. The van der Waals surface area contributed by atoms with E-state index in [1.54, 1.807) is 23.1 Å². The molecule has 45 heavy (non-hydrogen) atoms. The molecule has 0 N–H and O–H groups in total. The second-order valence-electron chi connectivity index (χ2n) is 10.6. The number of hydrogen-bond donors (Lipinski definition) is 0. The van der Waals surface area contributed by atoms with Crippen molar-refractivity contribution in [3.05, 3.63) is 94.5 Å². The Bertz CT molecular complexity index is 2070. The number of aryl methyl sites for hydroxylation is 1. The number of anilines is 1. The molecular weight excluding hydrogens is 656 g/mol. The Morgan fingerprint density at radius 3 is 2.38 bits per heavy atom. The van der Waals surface area contributed by atoms with Gasteiger partial charge < -0.3 is 14.0 Å². The van der Waals surface area contributed by atoms with Crippen molar-refractivity contribution in [3.8, 4) is 0 Å². The minimum Gasteiger partial charge on any atom is -0.772 e. The maximum atomic E-state index is 11.4. The molecule has 0 saturated heterocycles. The van der Waals surface area contributed by atoms with Crippen molar-refractivity contribution in [2.75, 3.05) is 23.0 Å². The van der Waals surface area contributed by atoms with E-state index in [-0.39, 0.29) is 41.7 Å². The van der Waals surface area contributed by atoms with Crippen LogP contribution in [0.15, 0.2) is 94.4 Å². The molecule has 0 saturated carbocycles. The maximum Gasteiger partial charge on any atom is 1.00 e. The molecule has 6 rings (SSSR count). The van der Waals surface area contributed by atoms with Crippen molar-refractivity contribution in [2.24, 2.45) is 0 Å². The second-order valence-corrected chi connectivity index (χ2v) is 15.3. The molecule has 4 aromatic carbocycles. The number of rotatable bonds is 11. The van der Waals surface area contributed by atoms with E-state index in [2.05, 4.69) is 77.1 Å². The largest absolute Gasteiger partial charge is 1.00 e. The van der Waals surface area contributed by atoms with Crippen LogP contribution in [0.25, 0.3) is 37.8 Å². The standard InChI is InChI=1S/C33H32N2O5S4.Na/c1-2-23(21-30-34(17-7-19-43(36)37)32-26-11-5-3-9-24(26)13-15-28(32)41-30)22-31-35(18-8-20-44(38,39)40)33-27-12-6-4-10-25(27)14-16-29(33)42-31;/h3-6,9-16,21-22H,2,7-8,17-20H2,1H3,(H-,36,37,38,39,40);/q;+1/p-1. The fourth-order valence-corrected chi connectivity index (χ4v) is 8.92. The van der Waals surface area contributed by atoms with Crippen LogP contribution in [0.2, 0.25) is 0 Å². The first kappa shape index (κ1) is 34.3. The molecule has 0 spiro atoms. The number of nitrogens with zero attached hydrogens (tertiary/aromatic N) is 2. The predicted octanol–water partition coefficient (Wildman–Crippen LogP) is 3.95. The van der Waals surface area contributed by atoms with Gasteiger partial charge in [-0.15, -0.1) is 0 Å². The van der Waals surface area contributed by atoms with Gasteiger partial charge in [-0.05, 0) is 53.5 Å². The number of thioether (sulfide) groups is 1. The van der Waals surface area contributed by atoms with Gasteiger partial charge in [0, 0.05) is 40.8 Å². The molecule has 12 heteroatoms. The topological polar surface area (TPSA) is 104 Å². The van der Waals surface area contributed by atoms with Gasteiger partial charge in [0.25, 0.3) is 5.01 Å². The predicted molar refractivity (Wildman–Crippen MR) is 181 cm³/mol. The molecule has 1 unspecified atom stereocenters. The van der Waals surface area contributed by atoms with Crippen molar-refractivity contribution in [1.82, 2.24) is 0 Å². The number of thiazole rings is 1. The Morgan fingerprint density at radius 2 is 1.67 bits per heavy atom. The summed E-state index contributed by atoms with van der Waals surface area (Å²) in [4.78, 5) is 3.38. The molecule has 1 aliphatic heterocycles. The third-order valence-corrected chi connectivity index (χ3v) is 11.3. The quantitative estimate of drug-likeness (QED) is 0.0898. The summed E-state index contributed by atoms with van der Waals surface area (Å²) in [5.74, 6) is -0.318. The van der Waals surface area contributed by atoms with Crippen molar-refractivity contribution in [2.45, 2.75) is 37.6 Å². The van der Waals surface area contributed by atoms with Crippen molar-refractivity contribution >= 4 is 87.8 Å². The van der Waals surface area contributed by atoms with Crippen LogP contribution in [0.3, 0.4) is 0 Å². The van der Waals surface area contributed by atoms with Crippen molar-refractivity contribution in [1.29, 1.82) is 0 Å². The molecule has 5 aromatic rings. The summed E-state index contributed by atoms with van der Waals surface area (Å²) in [5, 5.41) is 6.46. The van der Waals surface area contributed by atoms with Gasteiger partial charge in [-0.1, -0.05) is 95.7 Å². The van der Waals surface area contributed by atoms with E-state index in [0.717, 1.165) is 64.4 Å². The van der Waals surface area contributed by atoms with Crippen LogP contribution < -0.4 is 39.0 Å². The fraction of sp³-hybridized carbons (Fsp3) is 0.242. The van der Waals surface area contributed by atoms with Gasteiger partial charge in [0.1, 0.15) is 4.70 Å². The summed E-state index contributed by atoms with van der Waals surface area (Å²) in [6, 6.07) is 24.8. The average Bonchev–Trinajstić information content (AvgIpc) is 3.53. The Hall–Kier alpha value is -2.06. The van der Waals surface area contributed by atoms with Crippen LogP contribution in [0.4, 0.5) is 5.69 Å². The summed E-state index contributed by atoms with van der Waals surface area (Å²) in [6.45, 7) is 3.08. The first-order valence-electron chi connectivity index (χ1n) is 14.4. The second kappa shape index (κ2) is 14.8. The molecule has 7 nitrogen and oxygen atoms in total. The molecule has 1 aromatic heterocycles. The Balaban J connectivity index is 0.00000400. The zero-order valence-electron chi connectivity index (χ0n) is 25.1. The zero-order valence-corrected chi connectivity index (χ0v) is 30.4. The molecule has 1 aliphatic rings.